The molecular weight excluding hydrogens is 352 g/mol. The Bertz CT molecular complexity index is 766. The van der Waals surface area contributed by atoms with Crippen LogP contribution in [0.15, 0.2) is 35.7 Å². The summed E-state index contributed by atoms with van der Waals surface area (Å²) in [6.07, 6.45) is 1.18. The Kier molecular flexibility index (Phi) is 4.70. The normalized spacial score (nSPS) is 27.0. The predicted octanol–water partition coefficient (Wildman–Crippen LogP) is 1.69. The van der Waals surface area contributed by atoms with E-state index in [1.165, 1.54) is 16.4 Å². The Morgan fingerprint density at radius 3 is 2.83 bits per heavy atom. The summed E-state index contributed by atoms with van der Waals surface area (Å²) in [5.74, 6) is -0.227. The topological polar surface area (TPSA) is 75.7 Å². The van der Waals surface area contributed by atoms with Gasteiger partial charge in [-0.15, -0.1) is 0 Å². The molecule has 0 radical (unpaired) electrons. The molecule has 0 aliphatic carbocycles. The number of rotatable bonds is 4. The van der Waals surface area contributed by atoms with Gasteiger partial charge in [-0.25, -0.2) is 8.42 Å². The molecule has 2 aliphatic rings. The second kappa shape index (κ2) is 6.48. The van der Waals surface area contributed by atoms with Gasteiger partial charge in [0.1, 0.15) is 6.23 Å². The summed E-state index contributed by atoms with van der Waals surface area (Å²) in [7, 11) is -3.60. The first-order valence-corrected chi connectivity index (χ1v) is 9.47. The van der Waals surface area contributed by atoms with Crippen molar-refractivity contribution in [3.63, 3.8) is 0 Å². The standard InChI is InChI=1S/C16H19ClN2O4S/c1-3-15(20)18-16-6-11-8-19(9-14(11)23-16)24(21,22)12-5-4-10(2)13(17)7-12/h3-5,7,11,14,16H,1,6,8-9H2,2H3,(H,18,20). The van der Waals surface area contributed by atoms with Crippen molar-refractivity contribution in [3.05, 3.63) is 41.4 Å². The Morgan fingerprint density at radius 1 is 1.46 bits per heavy atom. The van der Waals surface area contributed by atoms with Crippen LogP contribution in [-0.2, 0) is 19.6 Å². The number of aryl methyl sites for hydroxylation is 1. The lowest BCUT2D eigenvalue weighted by molar-refractivity contribution is -0.120. The van der Waals surface area contributed by atoms with E-state index in [4.69, 9.17) is 16.3 Å². The van der Waals surface area contributed by atoms with Gasteiger partial charge < -0.3 is 10.1 Å². The predicted molar refractivity (Wildman–Crippen MR) is 90.1 cm³/mol. The molecular formula is C16H19ClN2O4S. The highest BCUT2D eigenvalue weighted by molar-refractivity contribution is 7.89. The molecule has 0 bridgehead atoms. The lowest BCUT2D eigenvalue weighted by atomic mass is 10.1. The van der Waals surface area contributed by atoms with Crippen LogP contribution in [0.1, 0.15) is 12.0 Å². The van der Waals surface area contributed by atoms with Crippen LogP contribution in [0.5, 0.6) is 0 Å². The third-order valence-electron chi connectivity index (χ3n) is 4.47. The number of fused-ring (bicyclic) bond motifs is 1. The Balaban J connectivity index is 1.70. The number of halogens is 1. The average Bonchev–Trinajstić information content (AvgIpc) is 3.08. The Labute approximate surface area is 146 Å². The number of carbonyl (C=O) groups is 1. The molecule has 2 saturated heterocycles. The monoisotopic (exact) mass is 370 g/mol. The number of hydrogen-bond acceptors (Lipinski definition) is 4. The van der Waals surface area contributed by atoms with E-state index in [1.54, 1.807) is 12.1 Å². The first kappa shape index (κ1) is 17.4. The van der Waals surface area contributed by atoms with Crippen LogP contribution in [0.4, 0.5) is 0 Å². The van der Waals surface area contributed by atoms with Crippen molar-refractivity contribution in [2.24, 2.45) is 5.92 Å². The SMILES string of the molecule is C=CC(=O)NC1CC2CN(S(=O)(=O)c3ccc(C)c(Cl)c3)CC2O1. The molecule has 2 fully saturated rings. The van der Waals surface area contributed by atoms with Gasteiger partial charge in [0.25, 0.3) is 0 Å². The molecule has 3 unspecified atom stereocenters. The molecule has 3 rings (SSSR count). The fourth-order valence-corrected chi connectivity index (χ4v) is 4.90. The van der Waals surface area contributed by atoms with E-state index >= 15 is 0 Å². The first-order valence-electron chi connectivity index (χ1n) is 7.66. The van der Waals surface area contributed by atoms with E-state index in [-0.39, 0.29) is 35.6 Å². The Hall–Kier alpha value is -1.41. The van der Waals surface area contributed by atoms with Gasteiger partial charge in [-0.3, -0.25) is 4.79 Å². The van der Waals surface area contributed by atoms with E-state index in [0.29, 0.717) is 18.0 Å². The van der Waals surface area contributed by atoms with Crippen LogP contribution in [0, 0.1) is 12.8 Å². The Morgan fingerprint density at radius 2 is 2.21 bits per heavy atom. The average molecular weight is 371 g/mol. The lowest BCUT2D eigenvalue weighted by Gasteiger charge is -2.20. The highest BCUT2D eigenvalue weighted by Gasteiger charge is 2.46. The third kappa shape index (κ3) is 3.21. The number of nitrogens with zero attached hydrogens (tertiary/aromatic N) is 1. The lowest BCUT2D eigenvalue weighted by Crippen LogP contribution is -2.37. The quantitative estimate of drug-likeness (QED) is 0.818. The van der Waals surface area contributed by atoms with Crippen molar-refractivity contribution in [2.45, 2.75) is 30.6 Å². The van der Waals surface area contributed by atoms with E-state index < -0.39 is 10.0 Å². The minimum absolute atomic E-state index is 0.0656. The van der Waals surface area contributed by atoms with Crippen LogP contribution in [-0.4, -0.2) is 44.1 Å². The van der Waals surface area contributed by atoms with Gasteiger partial charge in [-0.2, -0.15) is 4.31 Å². The fraction of sp³-hybridized carbons (Fsp3) is 0.438. The van der Waals surface area contributed by atoms with Gasteiger partial charge in [0.2, 0.25) is 15.9 Å². The summed E-state index contributed by atoms with van der Waals surface area (Å²) < 4.78 is 32.7. The smallest absolute Gasteiger partial charge is 0.245 e. The number of hydrogen-bond donors (Lipinski definition) is 1. The number of carbonyl (C=O) groups excluding carboxylic acids is 1. The molecule has 1 aromatic rings. The number of benzene rings is 1. The van der Waals surface area contributed by atoms with Crippen LogP contribution >= 0.6 is 11.6 Å². The number of ether oxygens (including phenoxy) is 1. The van der Waals surface area contributed by atoms with Gasteiger partial charge >= 0.3 is 0 Å². The van der Waals surface area contributed by atoms with Gasteiger partial charge in [0.05, 0.1) is 11.0 Å². The van der Waals surface area contributed by atoms with E-state index in [2.05, 4.69) is 11.9 Å². The van der Waals surface area contributed by atoms with Crippen LogP contribution < -0.4 is 5.32 Å². The zero-order valence-corrected chi connectivity index (χ0v) is 14.8. The third-order valence-corrected chi connectivity index (χ3v) is 6.71. The minimum atomic E-state index is -3.60. The van der Waals surface area contributed by atoms with Crippen molar-refractivity contribution in [1.82, 2.24) is 9.62 Å². The maximum atomic E-state index is 12.8. The zero-order chi connectivity index (χ0) is 17.5. The van der Waals surface area contributed by atoms with Gasteiger partial charge in [-0.05, 0) is 37.1 Å². The molecule has 2 heterocycles. The van der Waals surface area contributed by atoms with E-state index in [9.17, 15) is 13.2 Å². The molecule has 8 heteroatoms. The van der Waals surface area contributed by atoms with E-state index in [1.807, 2.05) is 6.92 Å². The maximum absolute atomic E-state index is 12.8. The summed E-state index contributed by atoms with van der Waals surface area (Å²) in [5.41, 5.74) is 0.832. The van der Waals surface area contributed by atoms with Crippen molar-refractivity contribution >= 4 is 27.5 Å². The summed E-state index contributed by atoms with van der Waals surface area (Å²) >= 11 is 6.05. The van der Waals surface area contributed by atoms with Crippen LogP contribution in [0.25, 0.3) is 0 Å². The minimum Gasteiger partial charge on any atom is -0.354 e. The summed E-state index contributed by atoms with van der Waals surface area (Å²) in [6.45, 7) is 5.87. The molecule has 0 saturated carbocycles. The zero-order valence-electron chi connectivity index (χ0n) is 13.2. The summed E-state index contributed by atoms with van der Waals surface area (Å²) in [6, 6.07) is 4.75. The summed E-state index contributed by atoms with van der Waals surface area (Å²) in [5, 5.41) is 3.12. The van der Waals surface area contributed by atoms with Gasteiger partial charge in [-0.1, -0.05) is 24.2 Å². The second-order valence-corrected chi connectivity index (χ2v) is 8.45. The van der Waals surface area contributed by atoms with Gasteiger partial charge in [0.15, 0.2) is 0 Å². The van der Waals surface area contributed by atoms with Gasteiger partial charge in [0, 0.05) is 24.0 Å². The molecule has 3 atom stereocenters. The molecule has 0 aromatic heterocycles. The molecule has 1 N–H and O–H groups in total. The second-order valence-electron chi connectivity index (χ2n) is 6.10. The van der Waals surface area contributed by atoms with Crippen molar-refractivity contribution in [1.29, 1.82) is 0 Å². The van der Waals surface area contributed by atoms with E-state index in [0.717, 1.165) is 5.56 Å². The van der Waals surface area contributed by atoms with Crippen molar-refractivity contribution < 1.29 is 17.9 Å². The highest BCUT2D eigenvalue weighted by atomic mass is 35.5. The number of amides is 1. The van der Waals surface area contributed by atoms with Crippen molar-refractivity contribution in [2.75, 3.05) is 13.1 Å². The maximum Gasteiger partial charge on any atom is 0.245 e. The van der Waals surface area contributed by atoms with Crippen LogP contribution in [0.3, 0.4) is 0 Å². The molecule has 24 heavy (non-hydrogen) atoms. The summed E-state index contributed by atoms with van der Waals surface area (Å²) in [4.78, 5) is 11.5. The molecule has 1 aromatic carbocycles. The molecule has 2 aliphatic heterocycles. The largest absolute Gasteiger partial charge is 0.354 e. The molecule has 1 amide bonds. The molecule has 130 valence electrons. The van der Waals surface area contributed by atoms with Crippen LogP contribution in [0.2, 0.25) is 5.02 Å². The molecule has 0 spiro atoms. The highest BCUT2D eigenvalue weighted by Crippen LogP contribution is 2.35. The number of sulfonamides is 1. The molecule has 6 nitrogen and oxygen atoms in total. The first-order chi connectivity index (χ1) is 11.3. The number of nitrogens with one attached hydrogen (secondary N) is 1. The van der Waals surface area contributed by atoms with Crippen molar-refractivity contribution in [3.8, 4) is 0 Å². The fourth-order valence-electron chi connectivity index (χ4n) is 3.12.